The Balaban J connectivity index is 2.02. The molecule has 0 spiro atoms. The van der Waals surface area contributed by atoms with Gasteiger partial charge in [-0.3, -0.25) is 9.59 Å². The van der Waals surface area contributed by atoms with Crippen LogP contribution in [0.5, 0.6) is 5.75 Å². The summed E-state index contributed by atoms with van der Waals surface area (Å²) in [6.45, 7) is 11.1. The van der Waals surface area contributed by atoms with Crippen LogP contribution in [-0.4, -0.2) is 74.9 Å². The predicted octanol–water partition coefficient (Wildman–Crippen LogP) is 3.69. The maximum absolute atomic E-state index is 14.3. The maximum Gasteiger partial charge on any atom is 0.408 e. The molecular formula is C33H45N3O8. The molecule has 11 heteroatoms. The quantitative estimate of drug-likeness (QED) is 0.281. The number of aliphatic hydroxyl groups excluding tert-OH is 1. The van der Waals surface area contributed by atoms with Gasteiger partial charge in [-0.05, 0) is 90.1 Å². The van der Waals surface area contributed by atoms with E-state index in [0.29, 0.717) is 24.0 Å². The van der Waals surface area contributed by atoms with Crippen LogP contribution in [0.3, 0.4) is 0 Å². The number of esters is 1. The lowest BCUT2D eigenvalue weighted by molar-refractivity contribution is -0.159. The number of phenols is 1. The van der Waals surface area contributed by atoms with E-state index in [1.807, 2.05) is 30.3 Å². The summed E-state index contributed by atoms with van der Waals surface area (Å²) < 4.78 is 10.9. The third-order valence-electron chi connectivity index (χ3n) is 6.72. The third kappa shape index (κ3) is 9.97. The first-order chi connectivity index (χ1) is 20.5. The predicted molar refractivity (Wildman–Crippen MR) is 164 cm³/mol. The van der Waals surface area contributed by atoms with Gasteiger partial charge in [-0.15, -0.1) is 0 Å². The number of nitrogens with zero attached hydrogens (tertiary/aromatic N) is 1. The van der Waals surface area contributed by atoms with E-state index < -0.39 is 59.8 Å². The van der Waals surface area contributed by atoms with Crippen LogP contribution in [0.4, 0.5) is 4.79 Å². The smallest absolute Gasteiger partial charge is 0.408 e. The fraction of sp³-hybridized carbons (Fsp3) is 0.515. The van der Waals surface area contributed by atoms with E-state index in [9.17, 15) is 29.4 Å². The molecule has 0 saturated heterocycles. The second kappa shape index (κ2) is 14.1. The highest BCUT2D eigenvalue weighted by Gasteiger charge is 2.45. The Bertz CT molecular complexity index is 1330. The van der Waals surface area contributed by atoms with E-state index in [1.165, 1.54) is 17.0 Å². The normalized spacial score (nSPS) is 15.4. The summed E-state index contributed by atoms with van der Waals surface area (Å²) in [6.07, 6.45) is 0.433. The average Bonchev–Trinajstić information content (AvgIpc) is 3.75. The number of aryl methyl sites for hydroxylation is 1. The van der Waals surface area contributed by atoms with Crippen LogP contribution in [0.15, 0.2) is 48.5 Å². The number of hydrogen-bond acceptors (Lipinski definition) is 8. The molecule has 0 radical (unpaired) electrons. The highest BCUT2D eigenvalue weighted by Crippen LogP contribution is 2.36. The van der Waals surface area contributed by atoms with Crippen molar-refractivity contribution in [2.75, 3.05) is 6.61 Å². The number of carbonyl (C=O) groups excluding carboxylic acids is 4. The van der Waals surface area contributed by atoms with Gasteiger partial charge in [0.2, 0.25) is 11.8 Å². The summed E-state index contributed by atoms with van der Waals surface area (Å²) in [5.74, 6) is -1.98. The molecular weight excluding hydrogens is 566 g/mol. The third-order valence-corrected chi connectivity index (χ3v) is 6.72. The number of nitrogens with one attached hydrogen (secondary N) is 2. The van der Waals surface area contributed by atoms with Gasteiger partial charge in [0.05, 0.1) is 6.61 Å². The molecule has 1 aliphatic carbocycles. The molecule has 0 aromatic heterocycles. The molecule has 11 nitrogen and oxygen atoms in total. The van der Waals surface area contributed by atoms with Gasteiger partial charge >= 0.3 is 12.1 Å². The van der Waals surface area contributed by atoms with Crippen molar-refractivity contribution in [3.63, 3.8) is 0 Å². The van der Waals surface area contributed by atoms with Gasteiger partial charge in [-0.1, -0.05) is 36.4 Å². The molecule has 1 fully saturated rings. The first-order valence-electron chi connectivity index (χ1n) is 14.8. The summed E-state index contributed by atoms with van der Waals surface area (Å²) in [5.41, 5.74) is -0.0124. The highest BCUT2D eigenvalue weighted by molar-refractivity contribution is 5.94. The van der Waals surface area contributed by atoms with E-state index in [-0.39, 0.29) is 18.2 Å². The Kier molecular flexibility index (Phi) is 11.0. The largest absolute Gasteiger partial charge is 0.508 e. The van der Waals surface area contributed by atoms with Crippen LogP contribution in [-0.2, 0) is 30.3 Å². The minimum absolute atomic E-state index is 0.00717. The van der Waals surface area contributed by atoms with Crippen LogP contribution in [0.25, 0.3) is 0 Å². The lowest BCUT2D eigenvalue weighted by Gasteiger charge is -2.35. The van der Waals surface area contributed by atoms with Crippen LogP contribution < -0.4 is 10.6 Å². The molecule has 2 aromatic rings. The lowest BCUT2D eigenvalue weighted by Crippen LogP contribution is -2.56. The lowest BCUT2D eigenvalue weighted by atomic mass is 9.99. The summed E-state index contributed by atoms with van der Waals surface area (Å²) in [4.78, 5) is 55.5. The summed E-state index contributed by atoms with van der Waals surface area (Å²) in [7, 11) is 0. The van der Waals surface area contributed by atoms with Crippen molar-refractivity contribution in [3.8, 4) is 5.75 Å². The number of benzene rings is 2. The highest BCUT2D eigenvalue weighted by atomic mass is 16.6. The molecule has 3 atom stereocenters. The minimum atomic E-state index is -1.40. The van der Waals surface area contributed by atoms with Crippen LogP contribution >= 0.6 is 0 Å². The molecule has 44 heavy (non-hydrogen) atoms. The summed E-state index contributed by atoms with van der Waals surface area (Å²) in [6, 6.07) is 9.60. The van der Waals surface area contributed by atoms with Gasteiger partial charge in [0.15, 0.2) is 0 Å². The van der Waals surface area contributed by atoms with Crippen molar-refractivity contribution >= 4 is 23.9 Å². The van der Waals surface area contributed by atoms with E-state index >= 15 is 0 Å². The monoisotopic (exact) mass is 611 g/mol. The molecule has 0 bridgehead atoms. The van der Waals surface area contributed by atoms with Crippen molar-refractivity contribution in [1.82, 2.24) is 15.5 Å². The number of amides is 3. The standard InChI is InChI=1S/C33H45N3O8/c1-20-17-22(13-16-26(20)38)27(36(23-14-15-23)29(40)25(19-37)35-31(42)44-33(5,6)7)28(39)34-24(30(41)43-32(2,3)4)18-21-11-9-8-10-12-21/h8-13,16-17,23-25,27,37-38H,14-15,18-19H2,1-7H3,(H,34,39)(H,35,42). The van der Waals surface area contributed by atoms with Crippen LogP contribution in [0, 0.1) is 6.92 Å². The molecule has 2 aromatic carbocycles. The zero-order valence-corrected chi connectivity index (χ0v) is 26.5. The number of phenolic OH excluding ortho intramolecular Hbond substituents is 1. The van der Waals surface area contributed by atoms with Gasteiger partial charge < -0.3 is 35.2 Å². The van der Waals surface area contributed by atoms with Gasteiger partial charge in [-0.2, -0.15) is 0 Å². The number of aliphatic hydroxyl groups is 1. The Labute approximate surface area is 258 Å². The topological polar surface area (TPSA) is 154 Å². The fourth-order valence-electron chi connectivity index (χ4n) is 4.64. The SMILES string of the molecule is Cc1cc(C(C(=O)NC(Cc2ccccc2)C(=O)OC(C)(C)C)N(C(=O)C(CO)NC(=O)OC(C)(C)C)C2CC2)ccc1O. The molecule has 1 saturated carbocycles. The van der Waals surface area contributed by atoms with Gasteiger partial charge in [0.25, 0.3) is 0 Å². The molecule has 0 aliphatic heterocycles. The van der Waals surface area contributed by atoms with Crippen molar-refractivity contribution < 1.29 is 38.9 Å². The number of carbonyl (C=O) groups is 4. The van der Waals surface area contributed by atoms with E-state index in [0.717, 1.165) is 5.56 Å². The molecule has 3 unspecified atom stereocenters. The molecule has 1 aliphatic rings. The zero-order chi connectivity index (χ0) is 32.8. The number of hydrogen-bond donors (Lipinski definition) is 4. The first kappa shape index (κ1) is 34.4. The second-order valence-electron chi connectivity index (χ2n) is 13.1. The zero-order valence-electron chi connectivity index (χ0n) is 26.5. The molecule has 0 heterocycles. The Morgan fingerprint density at radius 1 is 0.909 bits per heavy atom. The summed E-state index contributed by atoms with van der Waals surface area (Å²) in [5, 5.41) is 25.6. The minimum Gasteiger partial charge on any atom is -0.508 e. The molecule has 3 rings (SSSR count). The number of rotatable bonds is 11. The maximum atomic E-state index is 14.3. The van der Waals surface area contributed by atoms with Crippen molar-refractivity contribution in [3.05, 3.63) is 65.2 Å². The summed E-state index contributed by atoms with van der Waals surface area (Å²) >= 11 is 0. The molecule has 240 valence electrons. The molecule has 3 amide bonds. The van der Waals surface area contributed by atoms with Crippen molar-refractivity contribution in [2.45, 2.75) is 103 Å². The van der Waals surface area contributed by atoms with Crippen molar-refractivity contribution in [2.24, 2.45) is 0 Å². The van der Waals surface area contributed by atoms with Gasteiger partial charge in [0.1, 0.15) is 35.1 Å². The van der Waals surface area contributed by atoms with Crippen LogP contribution in [0.1, 0.15) is 77.1 Å². The average molecular weight is 612 g/mol. The van der Waals surface area contributed by atoms with E-state index in [2.05, 4.69) is 10.6 Å². The van der Waals surface area contributed by atoms with Gasteiger partial charge in [-0.25, -0.2) is 9.59 Å². The van der Waals surface area contributed by atoms with Crippen LogP contribution in [0.2, 0.25) is 0 Å². The first-order valence-corrected chi connectivity index (χ1v) is 14.8. The number of ether oxygens (including phenoxy) is 2. The Morgan fingerprint density at radius 2 is 1.52 bits per heavy atom. The van der Waals surface area contributed by atoms with Gasteiger partial charge in [0, 0.05) is 12.5 Å². The number of aromatic hydroxyl groups is 1. The number of alkyl carbamates (subject to hydrolysis) is 1. The molecule has 4 N–H and O–H groups in total. The Morgan fingerprint density at radius 3 is 2.05 bits per heavy atom. The Hall–Kier alpha value is -4.12. The van der Waals surface area contributed by atoms with E-state index in [4.69, 9.17) is 9.47 Å². The second-order valence-corrected chi connectivity index (χ2v) is 13.1. The fourth-order valence-corrected chi connectivity index (χ4v) is 4.64. The van der Waals surface area contributed by atoms with E-state index in [1.54, 1.807) is 54.5 Å². The van der Waals surface area contributed by atoms with Crippen molar-refractivity contribution in [1.29, 1.82) is 0 Å².